The van der Waals surface area contributed by atoms with Crippen molar-refractivity contribution in [1.29, 1.82) is 0 Å². The van der Waals surface area contributed by atoms with Crippen LogP contribution in [-0.2, 0) is 27.3 Å². The molecule has 1 aliphatic rings. The van der Waals surface area contributed by atoms with E-state index in [0.717, 1.165) is 21.9 Å². The first kappa shape index (κ1) is 21.4. The van der Waals surface area contributed by atoms with Gasteiger partial charge in [-0.25, -0.2) is 4.79 Å². The lowest BCUT2D eigenvalue weighted by atomic mass is 9.85. The summed E-state index contributed by atoms with van der Waals surface area (Å²) < 4.78 is 10.1. The van der Waals surface area contributed by atoms with Crippen LogP contribution in [0.15, 0.2) is 66.7 Å². The summed E-state index contributed by atoms with van der Waals surface area (Å²) in [4.78, 5) is 39.7. The molecule has 1 unspecified atom stereocenters. The number of urea groups is 1. The molecular weight excluding hydrogens is 408 g/mol. The summed E-state index contributed by atoms with van der Waals surface area (Å²) in [5.41, 5.74) is 0.257. The first-order chi connectivity index (χ1) is 15.4. The number of esters is 1. The Morgan fingerprint density at radius 3 is 2.31 bits per heavy atom. The van der Waals surface area contributed by atoms with Gasteiger partial charge in [0.05, 0.1) is 20.6 Å². The van der Waals surface area contributed by atoms with Gasteiger partial charge in [-0.3, -0.25) is 14.9 Å². The molecule has 1 atom stereocenters. The maximum atomic E-state index is 13.1. The highest BCUT2D eigenvalue weighted by Crippen LogP contribution is 2.33. The van der Waals surface area contributed by atoms with Crippen molar-refractivity contribution in [2.75, 3.05) is 14.2 Å². The molecule has 1 aliphatic heterocycles. The van der Waals surface area contributed by atoms with E-state index in [9.17, 15) is 14.4 Å². The number of benzene rings is 3. The number of hydrogen-bond donors (Lipinski definition) is 1. The summed E-state index contributed by atoms with van der Waals surface area (Å²) in [5, 5.41) is 4.49. The fourth-order valence-corrected chi connectivity index (χ4v) is 4.15. The van der Waals surface area contributed by atoms with Gasteiger partial charge in [-0.1, -0.05) is 54.6 Å². The molecule has 0 saturated carbocycles. The maximum absolute atomic E-state index is 13.1. The van der Waals surface area contributed by atoms with Crippen LogP contribution in [0.25, 0.3) is 10.8 Å². The van der Waals surface area contributed by atoms with Gasteiger partial charge in [-0.05, 0) is 34.0 Å². The molecule has 3 aromatic carbocycles. The van der Waals surface area contributed by atoms with Crippen LogP contribution in [0, 0.1) is 0 Å². The highest BCUT2D eigenvalue weighted by molar-refractivity contribution is 6.08. The van der Waals surface area contributed by atoms with Gasteiger partial charge in [0.2, 0.25) is 0 Å². The van der Waals surface area contributed by atoms with Crippen molar-refractivity contribution in [3.63, 3.8) is 0 Å². The minimum Gasteiger partial charge on any atom is -0.497 e. The molecule has 0 spiro atoms. The number of carbonyl (C=O) groups is 3. The molecule has 1 heterocycles. The molecule has 164 valence electrons. The third-order valence-electron chi connectivity index (χ3n) is 5.88. The van der Waals surface area contributed by atoms with E-state index in [1.54, 1.807) is 19.2 Å². The van der Waals surface area contributed by atoms with E-state index in [0.29, 0.717) is 5.75 Å². The van der Waals surface area contributed by atoms with E-state index in [1.807, 2.05) is 54.6 Å². The van der Waals surface area contributed by atoms with Gasteiger partial charge >= 0.3 is 12.0 Å². The van der Waals surface area contributed by atoms with Crippen molar-refractivity contribution >= 4 is 28.7 Å². The predicted octanol–water partition coefficient (Wildman–Crippen LogP) is 3.44. The van der Waals surface area contributed by atoms with Gasteiger partial charge in [-0.2, -0.15) is 0 Å². The molecule has 1 N–H and O–H groups in total. The van der Waals surface area contributed by atoms with Crippen LogP contribution in [0.4, 0.5) is 4.79 Å². The van der Waals surface area contributed by atoms with Crippen molar-refractivity contribution in [3.8, 4) is 5.75 Å². The van der Waals surface area contributed by atoms with Gasteiger partial charge in [0, 0.05) is 13.0 Å². The van der Waals surface area contributed by atoms with Crippen molar-refractivity contribution in [3.05, 3.63) is 77.9 Å². The number of rotatable bonds is 7. The van der Waals surface area contributed by atoms with Crippen LogP contribution in [0.2, 0.25) is 0 Å². The fourth-order valence-electron chi connectivity index (χ4n) is 4.15. The smallest absolute Gasteiger partial charge is 0.325 e. The van der Waals surface area contributed by atoms with E-state index < -0.39 is 23.4 Å². The molecule has 3 aromatic rings. The summed E-state index contributed by atoms with van der Waals surface area (Å²) in [5.74, 6) is -0.377. The van der Waals surface area contributed by atoms with Crippen molar-refractivity contribution in [1.82, 2.24) is 10.2 Å². The second-order valence-electron chi connectivity index (χ2n) is 7.84. The lowest BCUT2D eigenvalue weighted by Crippen LogP contribution is -2.52. The minimum atomic E-state index is -1.40. The first-order valence-electron chi connectivity index (χ1n) is 10.3. The standard InChI is InChI=1S/C25H24N2O5/c1-31-21-11-8-17(9-12-21)16-27-24(30)26-23(29)25(27,15-22(28)32-2)14-18-7-10-19-5-3-4-6-20(19)13-18/h3-13H,14-16H2,1-2H3,(H,26,29,30). The van der Waals surface area contributed by atoms with Crippen LogP contribution in [0.5, 0.6) is 5.75 Å². The average Bonchev–Trinajstić information content (AvgIpc) is 3.03. The Bertz CT molecular complexity index is 1170. The third-order valence-corrected chi connectivity index (χ3v) is 5.88. The van der Waals surface area contributed by atoms with Gasteiger partial charge < -0.3 is 14.4 Å². The van der Waals surface area contributed by atoms with Crippen molar-refractivity contribution in [2.24, 2.45) is 0 Å². The summed E-state index contributed by atoms with van der Waals surface area (Å²) in [6.07, 6.45) is -0.0648. The van der Waals surface area contributed by atoms with E-state index in [2.05, 4.69) is 5.32 Å². The van der Waals surface area contributed by atoms with E-state index in [4.69, 9.17) is 9.47 Å². The molecule has 7 nitrogen and oxygen atoms in total. The second kappa shape index (κ2) is 8.70. The minimum absolute atomic E-state index is 0.159. The zero-order chi connectivity index (χ0) is 22.7. The Hall–Kier alpha value is -3.87. The number of ether oxygens (including phenoxy) is 2. The lowest BCUT2D eigenvalue weighted by molar-refractivity contribution is -0.146. The van der Waals surface area contributed by atoms with Crippen LogP contribution in [-0.4, -0.2) is 42.6 Å². The Labute approximate surface area is 185 Å². The third kappa shape index (κ3) is 4.01. The zero-order valence-corrected chi connectivity index (χ0v) is 18.0. The molecule has 0 aromatic heterocycles. The van der Waals surface area contributed by atoms with Crippen LogP contribution < -0.4 is 10.1 Å². The normalized spacial score (nSPS) is 18.0. The number of amides is 3. The van der Waals surface area contributed by atoms with E-state index in [1.165, 1.54) is 12.0 Å². The summed E-state index contributed by atoms with van der Waals surface area (Å²) >= 11 is 0. The Morgan fingerprint density at radius 2 is 1.62 bits per heavy atom. The Balaban J connectivity index is 1.73. The highest BCUT2D eigenvalue weighted by atomic mass is 16.5. The van der Waals surface area contributed by atoms with Crippen molar-refractivity contribution < 1.29 is 23.9 Å². The van der Waals surface area contributed by atoms with Gasteiger partial charge in [-0.15, -0.1) is 0 Å². The largest absolute Gasteiger partial charge is 0.497 e. The molecule has 1 saturated heterocycles. The average molecular weight is 432 g/mol. The Kier molecular flexibility index (Phi) is 5.81. The molecule has 0 aliphatic carbocycles. The molecule has 0 bridgehead atoms. The SMILES string of the molecule is COC(=O)CC1(Cc2ccc3ccccc3c2)C(=O)NC(=O)N1Cc1ccc(OC)cc1. The molecule has 3 amide bonds. The molecule has 1 fully saturated rings. The summed E-state index contributed by atoms with van der Waals surface area (Å²) in [6, 6.07) is 20.5. The molecule has 0 radical (unpaired) electrons. The second-order valence-corrected chi connectivity index (χ2v) is 7.84. The number of fused-ring (bicyclic) bond motifs is 1. The number of nitrogens with one attached hydrogen (secondary N) is 1. The van der Waals surface area contributed by atoms with Gasteiger partial charge in [0.25, 0.3) is 5.91 Å². The van der Waals surface area contributed by atoms with E-state index in [-0.39, 0.29) is 19.4 Å². The molecule has 7 heteroatoms. The Morgan fingerprint density at radius 1 is 0.938 bits per heavy atom. The van der Waals surface area contributed by atoms with Crippen LogP contribution in [0.1, 0.15) is 17.5 Å². The predicted molar refractivity (Wildman–Crippen MR) is 119 cm³/mol. The summed E-state index contributed by atoms with van der Waals surface area (Å²) in [7, 11) is 2.85. The number of nitrogens with zero attached hydrogens (tertiary/aromatic N) is 1. The monoisotopic (exact) mass is 432 g/mol. The number of hydrogen-bond acceptors (Lipinski definition) is 5. The highest BCUT2D eigenvalue weighted by Gasteiger charge is 2.54. The van der Waals surface area contributed by atoms with Gasteiger partial charge in [0.15, 0.2) is 0 Å². The summed E-state index contributed by atoms with van der Waals surface area (Å²) in [6.45, 7) is 0.159. The lowest BCUT2D eigenvalue weighted by Gasteiger charge is -2.35. The zero-order valence-electron chi connectivity index (χ0n) is 18.0. The molecule has 32 heavy (non-hydrogen) atoms. The fraction of sp³-hybridized carbons (Fsp3) is 0.240. The first-order valence-corrected chi connectivity index (χ1v) is 10.3. The van der Waals surface area contributed by atoms with E-state index >= 15 is 0 Å². The number of methoxy groups -OCH3 is 2. The molecular formula is C25H24N2O5. The topological polar surface area (TPSA) is 84.9 Å². The van der Waals surface area contributed by atoms with Gasteiger partial charge in [0.1, 0.15) is 11.3 Å². The van der Waals surface area contributed by atoms with Crippen LogP contribution >= 0.6 is 0 Å². The molecule has 4 rings (SSSR count). The number of imide groups is 1. The quantitative estimate of drug-likeness (QED) is 0.457. The van der Waals surface area contributed by atoms with Crippen molar-refractivity contribution in [2.45, 2.75) is 24.9 Å². The van der Waals surface area contributed by atoms with Crippen LogP contribution in [0.3, 0.4) is 0 Å². The maximum Gasteiger partial charge on any atom is 0.325 e. The number of carbonyl (C=O) groups excluding carboxylic acids is 3.